The van der Waals surface area contributed by atoms with Gasteiger partial charge in [0.25, 0.3) is 5.91 Å². The van der Waals surface area contributed by atoms with E-state index in [4.69, 9.17) is 4.74 Å². The van der Waals surface area contributed by atoms with Crippen LogP contribution >= 0.6 is 0 Å². The Balaban J connectivity index is 1.61. The smallest absolute Gasteiger partial charge is 0.337 e. The van der Waals surface area contributed by atoms with Crippen molar-refractivity contribution in [2.45, 2.75) is 6.92 Å². The first-order valence-electron chi connectivity index (χ1n) is 8.45. The van der Waals surface area contributed by atoms with Crippen LogP contribution in [-0.4, -0.2) is 23.6 Å². The highest BCUT2D eigenvalue weighted by molar-refractivity contribution is 6.01. The summed E-state index contributed by atoms with van der Waals surface area (Å²) < 4.78 is 5.50. The summed E-state index contributed by atoms with van der Waals surface area (Å²) in [6, 6.07) is 22.2. The van der Waals surface area contributed by atoms with E-state index in [1.165, 1.54) is 6.07 Å². The molecule has 0 fully saturated rings. The van der Waals surface area contributed by atoms with Crippen molar-refractivity contribution < 1.29 is 19.4 Å². The molecule has 0 spiro atoms. The van der Waals surface area contributed by atoms with Crippen LogP contribution in [0.3, 0.4) is 0 Å². The maximum Gasteiger partial charge on any atom is 0.337 e. The van der Waals surface area contributed by atoms with Crippen molar-refractivity contribution in [3.05, 3.63) is 83.9 Å². The number of carboxylic acid groups (broad SMARTS) is 1. The highest BCUT2D eigenvalue weighted by Crippen LogP contribution is 2.22. The summed E-state index contributed by atoms with van der Waals surface area (Å²) in [6.07, 6.45) is 0. The molecule has 0 aromatic heterocycles. The first-order chi connectivity index (χ1) is 13.0. The largest absolute Gasteiger partial charge is 0.484 e. The normalized spacial score (nSPS) is 10.3. The molecule has 2 N–H and O–H groups in total. The lowest BCUT2D eigenvalue weighted by Crippen LogP contribution is -2.21. The van der Waals surface area contributed by atoms with Crippen molar-refractivity contribution >= 4 is 17.6 Å². The van der Waals surface area contributed by atoms with Crippen molar-refractivity contribution in [3.8, 4) is 16.9 Å². The molecule has 0 unspecified atom stereocenters. The number of carbonyl (C=O) groups is 2. The van der Waals surface area contributed by atoms with Crippen molar-refractivity contribution in [1.29, 1.82) is 0 Å². The summed E-state index contributed by atoms with van der Waals surface area (Å²) in [6.45, 7) is 1.61. The van der Waals surface area contributed by atoms with E-state index in [1.807, 2.05) is 49.4 Å². The molecule has 3 aromatic rings. The van der Waals surface area contributed by atoms with Crippen LogP contribution in [-0.2, 0) is 4.79 Å². The van der Waals surface area contributed by atoms with E-state index in [0.29, 0.717) is 5.75 Å². The van der Waals surface area contributed by atoms with Crippen molar-refractivity contribution in [2.75, 3.05) is 11.9 Å². The Kier molecular flexibility index (Phi) is 5.52. The quantitative estimate of drug-likeness (QED) is 0.683. The number of rotatable bonds is 6. The van der Waals surface area contributed by atoms with Gasteiger partial charge in [0, 0.05) is 0 Å². The molecular formula is C22H19NO4. The maximum atomic E-state index is 12.1. The molecule has 0 saturated carbocycles. The van der Waals surface area contributed by atoms with Gasteiger partial charge in [0.2, 0.25) is 0 Å². The first-order valence-corrected chi connectivity index (χ1v) is 8.45. The average Bonchev–Trinajstić information content (AvgIpc) is 2.67. The predicted molar refractivity (Wildman–Crippen MR) is 104 cm³/mol. The third-order valence-electron chi connectivity index (χ3n) is 4.01. The second kappa shape index (κ2) is 8.19. The molecule has 5 nitrogen and oxygen atoms in total. The minimum Gasteiger partial charge on any atom is -0.484 e. The van der Waals surface area contributed by atoms with Gasteiger partial charge in [-0.2, -0.15) is 0 Å². The van der Waals surface area contributed by atoms with Gasteiger partial charge in [-0.15, -0.1) is 0 Å². The standard InChI is InChI=1S/C22H19NO4/c1-15-7-12-19(22(25)26)20(13-15)23-21(24)14-27-18-10-8-17(9-11-18)16-5-3-2-4-6-16/h2-13H,14H2,1H3,(H,23,24)(H,25,26). The third-order valence-corrected chi connectivity index (χ3v) is 4.01. The molecule has 136 valence electrons. The van der Waals surface area contributed by atoms with Gasteiger partial charge in [-0.1, -0.05) is 48.5 Å². The maximum absolute atomic E-state index is 12.1. The highest BCUT2D eigenvalue weighted by Gasteiger charge is 2.13. The molecule has 3 aromatic carbocycles. The molecular weight excluding hydrogens is 342 g/mol. The number of carbonyl (C=O) groups excluding carboxylic acids is 1. The average molecular weight is 361 g/mol. The second-order valence-electron chi connectivity index (χ2n) is 6.08. The SMILES string of the molecule is Cc1ccc(C(=O)O)c(NC(=O)COc2ccc(-c3ccccc3)cc2)c1. The number of nitrogens with one attached hydrogen (secondary N) is 1. The highest BCUT2D eigenvalue weighted by atomic mass is 16.5. The number of amides is 1. The molecule has 0 atom stereocenters. The summed E-state index contributed by atoms with van der Waals surface area (Å²) in [5.74, 6) is -0.953. The van der Waals surface area contributed by atoms with E-state index in [-0.39, 0.29) is 17.9 Å². The van der Waals surface area contributed by atoms with Gasteiger partial charge in [0.05, 0.1) is 11.3 Å². The molecule has 0 aliphatic heterocycles. The van der Waals surface area contributed by atoms with Crippen LogP contribution < -0.4 is 10.1 Å². The summed E-state index contributed by atoms with van der Waals surface area (Å²) in [7, 11) is 0. The van der Waals surface area contributed by atoms with Crippen LogP contribution in [0.1, 0.15) is 15.9 Å². The third kappa shape index (κ3) is 4.73. The number of carboxylic acids is 1. The lowest BCUT2D eigenvalue weighted by atomic mass is 10.1. The Morgan fingerprint density at radius 2 is 1.59 bits per heavy atom. The summed E-state index contributed by atoms with van der Waals surface area (Å²) in [5, 5.41) is 11.8. The van der Waals surface area contributed by atoms with Crippen molar-refractivity contribution in [2.24, 2.45) is 0 Å². The molecule has 0 heterocycles. The van der Waals surface area contributed by atoms with E-state index in [0.717, 1.165) is 16.7 Å². The zero-order valence-electron chi connectivity index (χ0n) is 14.8. The van der Waals surface area contributed by atoms with Crippen LogP contribution in [0.15, 0.2) is 72.8 Å². The minimum absolute atomic E-state index is 0.0427. The molecule has 0 radical (unpaired) electrons. The second-order valence-corrected chi connectivity index (χ2v) is 6.08. The first kappa shape index (κ1) is 18.2. The van der Waals surface area contributed by atoms with Gasteiger partial charge in [0.15, 0.2) is 6.61 Å². The molecule has 0 saturated heterocycles. The van der Waals surface area contributed by atoms with Gasteiger partial charge < -0.3 is 15.2 Å². The van der Waals surface area contributed by atoms with Gasteiger partial charge in [-0.3, -0.25) is 4.79 Å². The van der Waals surface area contributed by atoms with Crippen LogP contribution in [0.4, 0.5) is 5.69 Å². The Morgan fingerprint density at radius 1 is 0.926 bits per heavy atom. The Morgan fingerprint density at radius 3 is 2.26 bits per heavy atom. The lowest BCUT2D eigenvalue weighted by Gasteiger charge is -2.11. The van der Waals surface area contributed by atoms with Crippen molar-refractivity contribution in [1.82, 2.24) is 0 Å². The fraction of sp³-hybridized carbons (Fsp3) is 0.0909. The van der Waals surface area contributed by atoms with Crippen LogP contribution in [0.25, 0.3) is 11.1 Å². The predicted octanol–water partition coefficient (Wildman–Crippen LogP) is 4.38. The fourth-order valence-corrected chi connectivity index (χ4v) is 2.66. The van der Waals surface area contributed by atoms with Crippen LogP contribution in [0, 0.1) is 6.92 Å². The van der Waals surface area contributed by atoms with E-state index in [9.17, 15) is 14.7 Å². The Labute approximate surface area is 157 Å². The molecule has 3 rings (SSSR count). The van der Waals surface area contributed by atoms with Crippen molar-refractivity contribution in [3.63, 3.8) is 0 Å². The number of anilines is 1. The molecule has 0 aliphatic carbocycles. The van der Waals surface area contributed by atoms with Crippen LogP contribution in [0.5, 0.6) is 5.75 Å². The van der Waals surface area contributed by atoms with E-state index in [1.54, 1.807) is 24.3 Å². The lowest BCUT2D eigenvalue weighted by molar-refractivity contribution is -0.118. The molecule has 0 bridgehead atoms. The number of ether oxygens (including phenoxy) is 1. The number of hydrogen-bond acceptors (Lipinski definition) is 3. The minimum atomic E-state index is -1.09. The number of hydrogen-bond donors (Lipinski definition) is 2. The molecule has 0 aliphatic rings. The zero-order chi connectivity index (χ0) is 19.2. The Bertz CT molecular complexity index is 950. The number of benzene rings is 3. The fourth-order valence-electron chi connectivity index (χ4n) is 2.66. The number of aryl methyl sites for hydroxylation is 1. The Hall–Kier alpha value is -3.60. The summed E-state index contributed by atoms with van der Waals surface area (Å²) in [5.41, 5.74) is 3.31. The molecule has 1 amide bonds. The van der Waals surface area contributed by atoms with Gasteiger partial charge in [0.1, 0.15) is 5.75 Å². The van der Waals surface area contributed by atoms with Crippen LogP contribution in [0.2, 0.25) is 0 Å². The zero-order valence-corrected chi connectivity index (χ0v) is 14.8. The van der Waals surface area contributed by atoms with Gasteiger partial charge in [-0.05, 0) is 47.9 Å². The van der Waals surface area contributed by atoms with E-state index < -0.39 is 11.9 Å². The number of aromatic carboxylic acids is 1. The van der Waals surface area contributed by atoms with E-state index in [2.05, 4.69) is 5.32 Å². The molecule has 27 heavy (non-hydrogen) atoms. The summed E-state index contributed by atoms with van der Waals surface area (Å²) >= 11 is 0. The van der Waals surface area contributed by atoms with Gasteiger partial charge in [-0.25, -0.2) is 4.79 Å². The summed E-state index contributed by atoms with van der Waals surface area (Å²) in [4.78, 5) is 23.4. The monoisotopic (exact) mass is 361 g/mol. The topological polar surface area (TPSA) is 75.6 Å². The van der Waals surface area contributed by atoms with Gasteiger partial charge >= 0.3 is 5.97 Å². The molecule has 5 heteroatoms. The van der Waals surface area contributed by atoms with E-state index >= 15 is 0 Å².